The van der Waals surface area contributed by atoms with Crippen LogP contribution < -0.4 is 16.2 Å². The summed E-state index contributed by atoms with van der Waals surface area (Å²) in [5.41, 5.74) is 12.5. The third kappa shape index (κ3) is 3.27. The average molecular weight is 339 g/mol. The summed E-state index contributed by atoms with van der Waals surface area (Å²) in [6.07, 6.45) is 0. The minimum atomic E-state index is -0.489. The van der Waals surface area contributed by atoms with Gasteiger partial charge in [-0.25, -0.2) is 4.39 Å². The maximum Gasteiger partial charge on any atom is 0.248 e. The molecule has 0 radical (unpaired) electrons. The van der Waals surface area contributed by atoms with E-state index in [-0.39, 0.29) is 16.8 Å². The molecule has 0 saturated heterocycles. The van der Waals surface area contributed by atoms with E-state index in [0.29, 0.717) is 11.3 Å². The van der Waals surface area contributed by atoms with E-state index in [4.69, 9.17) is 16.2 Å². The zero-order chi connectivity index (χ0) is 14.7. The highest BCUT2D eigenvalue weighted by atomic mass is 79.9. The minimum Gasteiger partial charge on any atom is -0.487 e. The molecule has 2 rings (SSSR count). The summed E-state index contributed by atoms with van der Waals surface area (Å²) >= 11 is 3.04. The van der Waals surface area contributed by atoms with Gasteiger partial charge < -0.3 is 16.2 Å². The molecule has 0 aromatic heterocycles. The van der Waals surface area contributed by atoms with Crippen LogP contribution in [0.4, 0.5) is 10.1 Å². The number of hydrogen-bond donors (Lipinski definition) is 2. The normalized spacial score (nSPS) is 10.3. The first-order valence-corrected chi connectivity index (χ1v) is 6.52. The Balaban J connectivity index is 2.09. The number of rotatable bonds is 4. The zero-order valence-electron chi connectivity index (χ0n) is 10.4. The molecule has 0 heterocycles. The van der Waals surface area contributed by atoms with Crippen molar-refractivity contribution in [3.63, 3.8) is 0 Å². The van der Waals surface area contributed by atoms with Crippen molar-refractivity contribution in [2.45, 2.75) is 6.61 Å². The number of anilines is 1. The molecule has 0 aliphatic rings. The predicted molar refractivity (Wildman–Crippen MR) is 77.8 cm³/mol. The van der Waals surface area contributed by atoms with Gasteiger partial charge in [-0.15, -0.1) is 0 Å². The molecular formula is C14H12BrFN2O2. The maximum absolute atomic E-state index is 13.4. The van der Waals surface area contributed by atoms with Crippen molar-refractivity contribution in [2.24, 2.45) is 5.73 Å². The summed E-state index contributed by atoms with van der Waals surface area (Å²) in [7, 11) is 0. The fourth-order valence-electron chi connectivity index (χ4n) is 1.60. The molecule has 0 aliphatic heterocycles. The number of carbonyl (C=O) groups is 1. The molecule has 104 valence electrons. The minimum absolute atomic E-state index is 0.213. The number of ether oxygens (including phenoxy) is 1. The van der Waals surface area contributed by atoms with Gasteiger partial charge in [0.1, 0.15) is 18.2 Å². The van der Waals surface area contributed by atoms with Gasteiger partial charge in [-0.3, -0.25) is 4.79 Å². The molecule has 0 bridgehead atoms. The molecule has 0 unspecified atom stereocenters. The molecule has 0 aliphatic carbocycles. The Labute approximate surface area is 123 Å². The highest BCUT2D eigenvalue weighted by Gasteiger charge is 2.07. The summed E-state index contributed by atoms with van der Waals surface area (Å²) in [5, 5.41) is 0. The first kappa shape index (κ1) is 14.3. The van der Waals surface area contributed by atoms with Crippen molar-refractivity contribution in [2.75, 3.05) is 5.73 Å². The van der Waals surface area contributed by atoms with Crippen LogP contribution in [0.5, 0.6) is 5.75 Å². The Kier molecular flexibility index (Phi) is 4.24. The molecular weight excluding hydrogens is 327 g/mol. The zero-order valence-corrected chi connectivity index (χ0v) is 12.0. The second-order valence-electron chi connectivity index (χ2n) is 4.15. The van der Waals surface area contributed by atoms with Gasteiger partial charge >= 0.3 is 0 Å². The third-order valence-corrected chi connectivity index (χ3v) is 3.29. The van der Waals surface area contributed by atoms with Crippen LogP contribution in [-0.2, 0) is 6.61 Å². The van der Waals surface area contributed by atoms with Crippen LogP contribution in [0, 0.1) is 5.82 Å². The maximum atomic E-state index is 13.4. The van der Waals surface area contributed by atoms with Crippen molar-refractivity contribution in [1.82, 2.24) is 0 Å². The lowest BCUT2D eigenvalue weighted by Crippen LogP contribution is -2.10. The van der Waals surface area contributed by atoms with Crippen LogP contribution in [-0.4, -0.2) is 5.91 Å². The molecule has 20 heavy (non-hydrogen) atoms. The van der Waals surface area contributed by atoms with Crippen LogP contribution in [0.25, 0.3) is 0 Å². The van der Waals surface area contributed by atoms with Crippen LogP contribution in [0.1, 0.15) is 15.9 Å². The van der Waals surface area contributed by atoms with Crippen LogP contribution >= 0.6 is 15.9 Å². The Bertz CT molecular complexity index is 644. The fourth-order valence-corrected chi connectivity index (χ4v) is 1.96. The molecule has 0 saturated carbocycles. The van der Waals surface area contributed by atoms with Gasteiger partial charge in [0, 0.05) is 11.6 Å². The van der Waals surface area contributed by atoms with Crippen molar-refractivity contribution in [1.29, 1.82) is 0 Å². The lowest BCUT2D eigenvalue weighted by atomic mass is 10.1. The number of primary amides is 1. The van der Waals surface area contributed by atoms with Crippen molar-refractivity contribution in [3.05, 3.63) is 57.8 Å². The lowest BCUT2D eigenvalue weighted by molar-refractivity contribution is 0.1000. The fraction of sp³-hybridized carbons (Fsp3) is 0.0714. The van der Waals surface area contributed by atoms with Gasteiger partial charge in [0.05, 0.1) is 10.2 Å². The summed E-state index contributed by atoms with van der Waals surface area (Å²) in [6, 6.07) is 9.30. The summed E-state index contributed by atoms with van der Waals surface area (Å²) < 4.78 is 19.1. The highest BCUT2D eigenvalue weighted by molar-refractivity contribution is 9.10. The van der Waals surface area contributed by atoms with Crippen LogP contribution in [0.2, 0.25) is 0 Å². The lowest BCUT2D eigenvalue weighted by Gasteiger charge is -2.10. The van der Waals surface area contributed by atoms with E-state index in [1.807, 2.05) is 0 Å². The standard InChI is InChI=1S/C14H12BrFN2O2/c15-10-5-12(17)13(6-11(10)16)20-7-8-1-3-9(4-2-8)14(18)19/h1-6H,7,17H2,(H2,18,19). The topological polar surface area (TPSA) is 78.3 Å². The van der Waals surface area contributed by atoms with E-state index in [9.17, 15) is 9.18 Å². The number of carbonyl (C=O) groups excluding carboxylic acids is 1. The smallest absolute Gasteiger partial charge is 0.248 e. The second-order valence-corrected chi connectivity index (χ2v) is 5.01. The molecule has 0 fully saturated rings. The van der Waals surface area contributed by atoms with E-state index < -0.39 is 11.7 Å². The summed E-state index contributed by atoms with van der Waals surface area (Å²) in [5.74, 6) is -0.667. The van der Waals surface area contributed by atoms with E-state index in [1.165, 1.54) is 12.1 Å². The number of amides is 1. The largest absolute Gasteiger partial charge is 0.487 e. The third-order valence-electron chi connectivity index (χ3n) is 2.69. The average Bonchev–Trinajstić information content (AvgIpc) is 2.42. The quantitative estimate of drug-likeness (QED) is 0.841. The second kappa shape index (κ2) is 5.92. The summed E-state index contributed by atoms with van der Waals surface area (Å²) in [4.78, 5) is 10.9. The highest BCUT2D eigenvalue weighted by Crippen LogP contribution is 2.28. The van der Waals surface area contributed by atoms with Crippen LogP contribution in [0.3, 0.4) is 0 Å². The number of hydrogen-bond acceptors (Lipinski definition) is 3. The molecule has 1 amide bonds. The number of nitrogen functional groups attached to an aromatic ring is 1. The molecule has 0 atom stereocenters. The SMILES string of the molecule is NC(=O)c1ccc(COc2cc(F)c(Br)cc2N)cc1. The van der Waals surface area contributed by atoms with E-state index >= 15 is 0 Å². The molecule has 4 nitrogen and oxygen atoms in total. The number of halogens is 2. The van der Waals surface area contributed by atoms with E-state index in [2.05, 4.69) is 15.9 Å². The summed E-state index contributed by atoms with van der Waals surface area (Å²) in [6.45, 7) is 0.213. The Morgan fingerprint density at radius 2 is 1.90 bits per heavy atom. The first-order chi connectivity index (χ1) is 9.47. The Morgan fingerprint density at radius 3 is 2.50 bits per heavy atom. The van der Waals surface area contributed by atoms with Gasteiger partial charge in [-0.05, 0) is 39.7 Å². The van der Waals surface area contributed by atoms with Gasteiger partial charge in [0.25, 0.3) is 0 Å². The predicted octanol–water partition coefficient (Wildman–Crippen LogP) is 2.85. The van der Waals surface area contributed by atoms with Crippen molar-refractivity contribution >= 4 is 27.5 Å². The molecule has 6 heteroatoms. The monoisotopic (exact) mass is 338 g/mol. The van der Waals surface area contributed by atoms with Gasteiger partial charge in [0.2, 0.25) is 5.91 Å². The molecule has 2 aromatic carbocycles. The van der Waals surface area contributed by atoms with Gasteiger partial charge in [-0.1, -0.05) is 12.1 Å². The molecule has 0 spiro atoms. The number of nitrogens with two attached hydrogens (primary N) is 2. The van der Waals surface area contributed by atoms with Gasteiger partial charge in [0.15, 0.2) is 0 Å². The van der Waals surface area contributed by atoms with Crippen molar-refractivity contribution < 1.29 is 13.9 Å². The Morgan fingerprint density at radius 1 is 1.25 bits per heavy atom. The number of benzene rings is 2. The molecule has 2 aromatic rings. The van der Waals surface area contributed by atoms with E-state index in [0.717, 1.165) is 5.56 Å². The van der Waals surface area contributed by atoms with Crippen LogP contribution in [0.15, 0.2) is 40.9 Å². The Hall–Kier alpha value is -2.08. The van der Waals surface area contributed by atoms with E-state index in [1.54, 1.807) is 24.3 Å². The first-order valence-electron chi connectivity index (χ1n) is 5.73. The molecule has 4 N–H and O–H groups in total. The van der Waals surface area contributed by atoms with Crippen molar-refractivity contribution in [3.8, 4) is 5.75 Å². The van der Waals surface area contributed by atoms with Gasteiger partial charge in [-0.2, -0.15) is 0 Å².